The molecule has 2 aromatic rings. The first kappa shape index (κ1) is 22.4. The summed E-state index contributed by atoms with van der Waals surface area (Å²) in [6, 6.07) is 4.59. The molecule has 0 atom stereocenters. The Balaban J connectivity index is 1.62. The van der Waals surface area contributed by atoms with Gasteiger partial charge in [-0.25, -0.2) is 4.98 Å². The van der Waals surface area contributed by atoms with E-state index in [-0.39, 0.29) is 36.9 Å². The minimum absolute atomic E-state index is 0.0409. The molecule has 2 amide bonds. The van der Waals surface area contributed by atoms with E-state index in [9.17, 15) is 22.8 Å². The molecule has 0 radical (unpaired) electrons. The van der Waals surface area contributed by atoms with Crippen LogP contribution < -0.4 is 0 Å². The van der Waals surface area contributed by atoms with Gasteiger partial charge in [0, 0.05) is 18.5 Å². The molecular weight excluding hydrogens is 423 g/mol. The maximum Gasteiger partial charge on any atom is 0.416 e. The topological polar surface area (TPSA) is 66.7 Å². The molecule has 2 heterocycles. The van der Waals surface area contributed by atoms with Crippen molar-refractivity contribution in [1.29, 1.82) is 0 Å². The number of oxazole rings is 1. The number of hydrogen-bond donors (Lipinski definition) is 0. The zero-order chi connectivity index (χ0) is 23.4. The Bertz CT molecular complexity index is 1020. The number of carbonyl (C=O) groups excluding carboxylic acids is 2. The van der Waals surface area contributed by atoms with Crippen molar-refractivity contribution in [3.05, 3.63) is 52.7 Å². The number of aromatic nitrogens is 1. The second kappa shape index (κ2) is 7.64. The van der Waals surface area contributed by atoms with Crippen molar-refractivity contribution in [2.75, 3.05) is 6.54 Å². The highest BCUT2D eigenvalue weighted by Gasteiger charge is 2.61. The molecule has 1 aromatic carbocycles. The minimum Gasteiger partial charge on any atom is -0.445 e. The molecule has 0 unspecified atom stereocenters. The predicted octanol–water partition coefficient (Wildman–Crippen LogP) is 4.21. The lowest BCUT2D eigenvalue weighted by Crippen LogP contribution is -2.72. The van der Waals surface area contributed by atoms with Crippen LogP contribution in [0.4, 0.5) is 13.2 Å². The SMILES string of the molecule is Cc1nc([C@H]2C[C@]3(C2)C(=O)N(C(C)C)CC(=O)N3Cc2ccc(C(F)(F)F)cc2)oc1C. The molecule has 2 aliphatic rings. The molecule has 1 aromatic heterocycles. The van der Waals surface area contributed by atoms with E-state index in [0.29, 0.717) is 24.3 Å². The first-order valence-electron chi connectivity index (χ1n) is 10.6. The average Bonchev–Trinajstić information content (AvgIpc) is 3.01. The Kier molecular flexibility index (Phi) is 5.33. The lowest BCUT2D eigenvalue weighted by molar-refractivity contribution is -0.176. The molecule has 9 heteroatoms. The van der Waals surface area contributed by atoms with Gasteiger partial charge in [0.15, 0.2) is 5.89 Å². The van der Waals surface area contributed by atoms with E-state index in [0.717, 1.165) is 23.6 Å². The lowest BCUT2D eigenvalue weighted by Gasteiger charge is -2.57. The van der Waals surface area contributed by atoms with Gasteiger partial charge in [-0.3, -0.25) is 9.59 Å². The summed E-state index contributed by atoms with van der Waals surface area (Å²) in [4.78, 5) is 34.2. The summed E-state index contributed by atoms with van der Waals surface area (Å²) in [7, 11) is 0. The van der Waals surface area contributed by atoms with Gasteiger partial charge in [0.05, 0.1) is 11.3 Å². The quantitative estimate of drug-likeness (QED) is 0.702. The van der Waals surface area contributed by atoms with Crippen LogP contribution in [0.5, 0.6) is 0 Å². The van der Waals surface area contributed by atoms with Crippen LogP contribution in [0.3, 0.4) is 0 Å². The van der Waals surface area contributed by atoms with Gasteiger partial charge in [-0.15, -0.1) is 0 Å². The van der Waals surface area contributed by atoms with Crippen molar-refractivity contribution >= 4 is 11.8 Å². The Labute approximate surface area is 184 Å². The van der Waals surface area contributed by atoms with Crippen LogP contribution in [0.2, 0.25) is 0 Å². The summed E-state index contributed by atoms with van der Waals surface area (Å²) in [5.74, 6) is 0.840. The standard InChI is InChI=1S/C23H26F3N3O3/c1-13(2)28-12-19(30)29(11-16-5-7-18(8-6-16)23(24,25)26)22(21(28)31)9-17(10-22)20-27-14(3)15(4)32-20/h5-8,13,17H,9-12H2,1-4H3/t17-,22-. The number of hydrogen-bond acceptors (Lipinski definition) is 4. The number of halogens is 3. The number of piperazine rings is 1. The molecule has 0 bridgehead atoms. The van der Waals surface area contributed by atoms with Crippen molar-refractivity contribution in [3.63, 3.8) is 0 Å². The lowest BCUT2D eigenvalue weighted by atomic mass is 9.65. The number of aryl methyl sites for hydroxylation is 2. The molecule has 1 aliphatic heterocycles. The smallest absolute Gasteiger partial charge is 0.416 e. The third-order valence-electron chi connectivity index (χ3n) is 6.59. The fourth-order valence-corrected chi connectivity index (χ4v) is 4.56. The highest BCUT2D eigenvalue weighted by atomic mass is 19.4. The third-order valence-corrected chi connectivity index (χ3v) is 6.59. The number of alkyl halides is 3. The van der Waals surface area contributed by atoms with Gasteiger partial charge in [0.1, 0.15) is 17.8 Å². The number of nitrogens with zero attached hydrogens (tertiary/aromatic N) is 3. The van der Waals surface area contributed by atoms with E-state index in [4.69, 9.17) is 4.42 Å². The summed E-state index contributed by atoms with van der Waals surface area (Å²) >= 11 is 0. The molecule has 1 saturated heterocycles. The fraction of sp³-hybridized carbons (Fsp3) is 0.522. The van der Waals surface area contributed by atoms with E-state index < -0.39 is 17.3 Å². The second-order valence-electron chi connectivity index (χ2n) is 9.03. The summed E-state index contributed by atoms with van der Waals surface area (Å²) < 4.78 is 44.4. The van der Waals surface area contributed by atoms with E-state index in [1.54, 1.807) is 4.90 Å². The molecular formula is C23H26F3N3O3. The Morgan fingerprint density at radius 3 is 2.28 bits per heavy atom. The molecule has 32 heavy (non-hydrogen) atoms. The summed E-state index contributed by atoms with van der Waals surface area (Å²) in [5.41, 5.74) is -0.454. The Hall–Kier alpha value is -2.84. The van der Waals surface area contributed by atoms with Crippen molar-refractivity contribution in [2.45, 2.75) is 70.8 Å². The summed E-state index contributed by atoms with van der Waals surface area (Å²) in [6.45, 7) is 7.44. The molecule has 2 fully saturated rings. The van der Waals surface area contributed by atoms with Crippen molar-refractivity contribution in [2.24, 2.45) is 0 Å². The first-order chi connectivity index (χ1) is 14.9. The predicted molar refractivity (Wildman–Crippen MR) is 110 cm³/mol. The summed E-state index contributed by atoms with van der Waals surface area (Å²) in [5, 5.41) is 0. The molecule has 1 saturated carbocycles. The molecule has 1 spiro atoms. The monoisotopic (exact) mass is 449 g/mol. The number of benzene rings is 1. The van der Waals surface area contributed by atoms with E-state index in [1.165, 1.54) is 17.0 Å². The van der Waals surface area contributed by atoms with Gasteiger partial charge in [-0.2, -0.15) is 13.2 Å². The Morgan fingerprint density at radius 2 is 1.78 bits per heavy atom. The molecule has 6 nitrogen and oxygen atoms in total. The third kappa shape index (κ3) is 3.67. The van der Waals surface area contributed by atoms with Gasteiger partial charge >= 0.3 is 6.18 Å². The van der Waals surface area contributed by atoms with E-state index in [1.807, 2.05) is 27.7 Å². The van der Waals surface area contributed by atoms with Gasteiger partial charge in [-0.05, 0) is 58.2 Å². The van der Waals surface area contributed by atoms with Crippen LogP contribution in [0, 0.1) is 13.8 Å². The van der Waals surface area contributed by atoms with Crippen LogP contribution >= 0.6 is 0 Å². The van der Waals surface area contributed by atoms with Gasteiger partial charge in [0.25, 0.3) is 0 Å². The fourth-order valence-electron chi connectivity index (χ4n) is 4.56. The zero-order valence-corrected chi connectivity index (χ0v) is 18.5. The number of carbonyl (C=O) groups is 2. The van der Waals surface area contributed by atoms with Crippen molar-refractivity contribution in [3.8, 4) is 0 Å². The van der Waals surface area contributed by atoms with Gasteiger partial charge < -0.3 is 14.2 Å². The number of amides is 2. The van der Waals surface area contributed by atoms with E-state index in [2.05, 4.69) is 4.98 Å². The Morgan fingerprint density at radius 1 is 1.16 bits per heavy atom. The largest absolute Gasteiger partial charge is 0.445 e. The molecule has 4 rings (SSSR count). The highest BCUT2D eigenvalue weighted by molar-refractivity contribution is 5.99. The molecule has 1 aliphatic carbocycles. The molecule has 172 valence electrons. The van der Waals surface area contributed by atoms with Crippen LogP contribution in [-0.4, -0.2) is 44.7 Å². The summed E-state index contributed by atoms with van der Waals surface area (Å²) in [6.07, 6.45) is -3.68. The number of rotatable bonds is 4. The highest BCUT2D eigenvalue weighted by Crippen LogP contribution is 2.51. The normalized spacial score (nSPS) is 23.9. The van der Waals surface area contributed by atoms with Crippen molar-refractivity contribution in [1.82, 2.24) is 14.8 Å². The second-order valence-corrected chi connectivity index (χ2v) is 9.03. The van der Waals surface area contributed by atoms with Crippen LogP contribution in [0.25, 0.3) is 0 Å². The maximum absolute atomic E-state index is 13.5. The average molecular weight is 449 g/mol. The van der Waals surface area contributed by atoms with Crippen molar-refractivity contribution < 1.29 is 27.2 Å². The minimum atomic E-state index is -4.43. The maximum atomic E-state index is 13.5. The van der Waals surface area contributed by atoms with E-state index >= 15 is 0 Å². The van der Waals surface area contributed by atoms with Crippen LogP contribution in [0.15, 0.2) is 28.7 Å². The van der Waals surface area contributed by atoms with Crippen LogP contribution in [0.1, 0.15) is 61.1 Å². The molecule has 0 N–H and O–H groups in total. The van der Waals surface area contributed by atoms with Gasteiger partial charge in [-0.1, -0.05) is 12.1 Å². The first-order valence-corrected chi connectivity index (χ1v) is 10.6. The zero-order valence-electron chi connectivity index (χ0n) is 18.5. The van der Waals surface area contributed by atoms with Crippen LogP contribution in [-0.2, 0) is 22.3 Å². The van der Waals surface area contributed by atoms with Gasteiger partial charge in [0.2, 0.25) is 11.8 Å².